The highest BCUT2D eigenvalue weighted by Gasteiger charge is 2.36. The fourth-order valence-corrected chi connectivity index (χ4v) is 3.45. The van der Waals surface area contributed by atoms with Crippen molar-refractivity contribution in [2.24, 2.45) is 16.8 Å². The van der Waals surface area contributed by atoms with Gasteiger partial charge in [-0.25, -0.2) is 0 Å². The monoisotopic (exact) mass is 323 g/mol. The molecule has 1 N–H and O–H groups in total. The minimum absolute atomic E-state index is 0.0641. The van der Waals surface area contributed by atoms with E-state index in [9.17, 15) is 4.79 Å². The number of nitrogens with one attached hydrogen (secondary N) is 1. The lowest BCUT2D eigenvalue weighted by atomic mass is 9.99. The van der Waals surface area contributed by atoms with Gasteiger partial charge in [-0.05, 0) is 41.7 Å². The van der Waals surface area contributed by atoms with E-state index >= 15 is 0 Å². The van der Waals surface area contributed by atoms with Crippen molar-refractivity contribution in [1.29, 1.82) is 0 Å². The molecule has 0 aliphatic carbocycles. The maximum atomic E-state index is 11.8. The van der Waals surface area contributed by atoms with Crippen LogP contribution < -0.4 is 5.32 Å². The van der Waals surface area contributed by atoms with Crippen LogP contribution >= 0.6 is 11.3 Å². The van der Waals surface area contributed by atoms with Gasteiger partial charge in [0.05, 0.1) is 13.0 Å². The third kappa shape index (κ3) is 4.22. The molecule has 22 heavy (non-hydrogen) atoms. The van der Waals surface area contributed by atoms with Crippen molar-refractivity contribution in [1.82, 2.24) is 10.2 Å². The zero-order valence-corrected chi connectivity index (χ0v) is 14.4. The first kappa shape index (κ1) is 16.8. The van der Waals surface area contributed by atoms with Crippen LogP contribution in [0.2, 0.25) is 0 Å². The van der Waals surface area contributed by atoms with Crippen LogP contribution in [0.1, 0.15) is 19.4 Å². The van der Waals surface area contributed by atoms with E-state index in [0.717, 1.165) is 32.0 Å². The summed E-state index contributed by atoms with van der Waals surface area (Å²) in [6.45, 7) is 7.25. The van der Waals surface area contributed by atoms with Gasteiger partial charge in [-0.1, -0.05) is 6.92 Å². The number of guanidine groups is 1. The van der Waals surface area contributed by atoms with E-state index in [1.165, 1.54) is 12.7 Å². The predicted octanol–water partition coefficient (Wildman–Crippen LogP) is 2.00. The molecule has 1 aromatic heterocycles. The topological polar surface area (TPSA) is 53.9 Å². The fourth-order valence-electron chi connectivity index (χ4n) is 2.75. The first-order valence-electron chi connectivity index (χ1n) is 7.77. The minimum atomic E-state index is -0.121. The molecule has 5 nitrogen and oxygen atoms in total. The molecule has 2 atom stereocenters. The largest absolute Gasteiger partial charge is 0.469 e. The number of nitrogens with zero attached hydrogens (tertiary/aromatic N) is 2. The lowest BCUT2D eigenvalue weighted by molar-refractivity contribution is -0.145. The Bertz CT molecular complexity index is 501. The fraction of sp³-hybridized carbons (Fsp3) is 0.625. The second-order valence-electron chi connectivity index (χ2n) is 5.63. The molecule has 0 aromatic carbocycles. The average molecular weight is 323 g/mol. The summed E-state index contributed by atoms with van der Waals surface area (Å²) >= 11 is 1.71. The number of rotatable bonds is 5. The van der Waals surface area contributed by atoms with Crippen LogP contribution in [0.3, 0.4) is 0 Å². The van der Waals surface area contributed by atoms with Crippen molar-refractivity contribution in [3.63, 3.8) is 0 Å². The third-order valence-electron chi connectivity index (χ3n) is 3.99. The molecule has 0 saturated carbocycles. The second-order valence-corrected chi connectivity index (χ2v) is 6.41. The Morgan fingerprint density at radius 2 is 2.36 bits per heavy atom. The van der Waals surface area contributed by atoms with E-state index in [0.29, 0.717) is 6.54 Å². The molecule has 2 rings (SSSR count). The molecule has 6 heteroatoms. The van der Waals surface area contributed by atoms with Gasteiger partial charge >= 0.3 is 5.97 Å². The standard InChI is InChI=1S/C16H25N3O2S/c1-4-17-16(18-7-5-13-6-8-22-11-13)19-9-12(2)14(10-19)15(20)21-3/h6,8,11-12,14H,4-5,7,9-10H2,1-3H3,(H,17,18). The first-order chi connectivity index (χ1) is 10.7. The molecular weight excluding hydrogens is 298 g/mol. The van der Waals surface area contributed by atoms with Gasteiger partial charge in [-0.15, -0.1) is 0 Å². The predicted molar refractivity (Wildman–Crippen MR) is 90.2 cm³/mol. The van der Waals surface area contributed by atoms with Crippen molar-refractivity contribution in [3.05, 3.63) is 22.4 Å². The van der Waals surface area contributed by atoms with E-state index in [2.05, 4.69) is 40.9 Å². The molecule has 1 saturated heterocycles. The number of thiophene rings is 1. The second kappa shape index (κ2) is 8.17. The van der Waals surface area contributed by atoms with Crippen LogP contribution in [0.4, 0.5) is 0 Å². The molecule has 1 aromatic rings. The Kier molecular flexibility index (Phi) is 6.24. The Hall–Kier alpha value is -1.56. The number of hydrogen-bond acceptors (Lipinski definition) is 4. The molecule has 0 bridgehead atoms. The normalized spacial score (nSPS) is 22.0. The SMILES string of the molecule is CCNC(=NCCc1ccsc1)N1CC(C)C(C(=O)OC)C1. The summed E-state index contributed by atoms with van der Waals surface area (Å²) in [7, 11) is 1.46. The van der Waals surface area contributed by atoms with Crippen LogP contribution in [0, 0.1) is 11.8 Å². The van der Waals surface area contributed by atoms with E-state index in [1.54, 1.807) is 11.3 Å². The van der Waals surface area contributed by atoms with Gasteiger partial charge in [0.15, 0.2) is 5.96 Å². The summed E-state index contributed by atoms with van der Waals surface area (Å²) in [6.07, 6.45) is 0.947. The smallest absolute Gasteiger partial charge is 0.310 e. The van der Waals surface area contributed by atoms with Crippen molar-refractivity contribution < 1.29 is 9.53 Å². The van der Waals surface area contributed by atoms with Crippen LogP contribution in [-0.2, 0) is 16.0 Å². The zero-order valence-electron chi connectivity index (χ0n) is 13.5. The highest BCUT2D eigenvalue weighted by Crippen LogP contribution is 2.24. The number of ether oxygens (including phenoxy) is 1. The van der Waals surface area contributed by atoms with Gasteiger partial charge < -0.3 is 15.0 Å². The summed E-state index contributed by atoms with van der Waals surface area (Å²) in [4.78, 5) is 18.7. The minimum Gasteiger partial charge on any atom is -0.469 e. The van der Waals surface area contributed by atoms with Gasteiger partial charge in [0.1, 0.15) is 0 Å². The Morgan fingerprint density at radius 3 is 3.00 bits per heavy atom. The highest BCUT2D eigenvalue weighted by molar-refractivity contribution is 7.07. The van der Waals surface area contributed by atoms with Gasteiger partial charge in [0.2, 0.25) is 0 Å². The molecule has 0 spiro atoms. The molecule has 2 heterocycles. The van der Waals surface area contributed by atoms with E-state index in [1.807, 2.05) is 0 Å². The summed E-state index contributed by atoms with van der Waals surface area (Å²) in [5.74, 6) is 0.999. The van der Waals surface area contributed by atoms with Crippen LogP contribution in [-0.4, -0.2) is 50.1 Å². The number of hydrogen-bond donors (Lipinski definition) is 1. The molecule has 2 unspecified atom stereocenters. The molecule has 0 radical (unpaired) electrons. The van der Waals surface area contributed by atoms with E-state index < -0.39 is 0 Å². The van der Waals surface area contributed by atoms with Crippen LogP contribution in [0.25, 0.3) is 0 Å². The van der Waals surface area contributed by atoms with E-state index in [4.69, 9.17) is 9.73 Å². The Balaban J connectivity index is 1.97. The van der Waals surface area contributed by atoms with Crippen molar-refractivity contribution in [3.8, 4) is 0 Å². The number of carbonyl (C=O) groups excluding carboxylic acids is 1. The number of aliphatic imine (C=N–C) groups is 1. The molecule has 122 valence electrons. The van der Waals surface area contributed by atoms with Gasteiger partial charge in [0, 0.05) is 26.2 Å². The average Bonchev–Trinajstić information content (AvgIpc) is 3.15. The third-order valence-corrected chi connectivity index (χ3v) is 4.72. The Labute approximate surface area is 136 Å². The Morgan fingerprint density at radius 1 is 1.55 bits per heavy atom. The van der Waals surface area contributed by atoms with Gasteiger partial charge in [0.25, 0.3) is 0 Å². The summed E-state index contributed by atoms with van der Waals surface area (Å²) in [6, 6.07) is 2.14. The van der Waals surface area contributed by atoms with Crippen molar-refractivity contribution in [2.75, 3.05) is 33.3 Å². The zero-order chi connectivity index (χ0) is 15.9. The van der Waals surface area contributed by atoms with Crippen molar-refractivity contribution in [2.45, 2.75) is 20.3 Å². The number of likely N-dealkylation sites (tertiary alicyclic amines) is 1. The molecular formula is C16H25N3O2S. The quantitative estimate of drug-likeness (QED) is 0.511. The lowest BCUT2D eigenvalue weighted by Crippen LogP contribution is -2.40. The summed E-state index contributed by atoms with van der Waals surface area (Å²) in [5.41, 5.74) is 1.33. The summed E-state index contributed by atoms with van der Waals surface area (Å²) in [5, 5.41) is 7.58. The lowest BCUT2D eigenvalue weighted by Gasteiger charge is -2.21. The number of esters is 1. The molecule has 1 aliphatic heterocycles. The number of carbonyl (C=O) groups is 1. The first-order valence-corrected chi connectivity index (χ1v) is 8.72. The molecule has 1 aliphatic rings. The highest BCUT2D eigenvalue weighted by atomic mass is 32.1. The van der Waals surface area contributed by atoms with Crippen LogP contribution in [0.5, 0.6) is 0 Å². The maximum Gasteiger partial charge on any atom is 0.310 e. The maximum absolute atomic E-state index is 11.8. The molecule has 1 fully saturated rings. The molecule has 0 amide bonds. The van der Waals surface area contributed by atoms with Gasteiger partial charge in [-0.3, -0.25) is 9.79 Å². The number of methoxy groups -OCH3 is 1. The van der Waals surface area contributed by atoms with E-state index in [-0.39, 0.29) is 17.8 Å². The van der Waals surface area contributed by atoms with Gasteiger partial charge in [-0.2, -0.15) is 11.3 Å². The summed E-state index contributed by atoms with van der Waals surface area (Å²) < 4.78 is 4.90. The van der Waals surface area contributed by atoms with Crippen LogP contribution in [0.15, 0.2) is 21.8 Å². The van der Waals surface area contributed by atoms with Crippen molar-refractivity contribution >= 4 is 23.3 Å².